The normalized spacial score (nSPS) is 17.6. The van der Waals surface area contributed by atoms with Crippen LogP contribution in [-0.4, -0.2) is 33.6 Å². The topological polar surface area (TPSA) is 49.7 Å². The Bertz CT molecular complexity index is 1150. The minimum atomic E-state index is -0.573. The Labute approximate surface area is 178 Å². The Morgan fingerprint density at radius 2 is 1.83 bits per heavy atom. The van der Waals surface area contributed by atoms with Gasteiger partial charge in [-0.05, 0) is 35.7 Å². The molecule has 0 spiro atoms. The van der Waals surface area contributed by atoms with Gasteiger partial charge in [0, 0.05) is 23.9 Å². The molecule has 6 heteroatoms. The first-order valence-electron chi connectivity index (χ1n) is 9.51. The van der Waals surface area contributed by atoms with Crippen LogP contribution >= 0.6 is 11.8 Å². The lowest BCUT2D eigenvalue weighted by Gasteiger charge is -2.14. The van der Waals surface area contributed by atoms with E-state index in [0.717, 1.165) is 16.5 Å². The van der Waals surface area contributed by atoms with Crippen molar-refractivity contribution in [2.24, 2.45) is 4.99 Å². The van der Waals surface area contributed by atoms with Crippen LogP contribution in [0.15, 0.2) is 84.4 Å². The fraction of sp³-hybridized carbons (Fsp3) is 0.125. The molecular weight excluding hydrogens is 399 g/mol. The van der Waals surface area contributed by atoms with Crippen molar-refractivity contribution in [2.45, 2.75) is 11.7 Å². The minimum absolute atomic E-state index is 0.0251. The first kappa shape index (κ1) is 20.0. The van der Waals surface area contributed by atoms with Crippen LogP contribution in [0, 0.1) is 5.82 Å². The summed E-state index contributed by atoms with van der Waals surface area (Å²) in [4.78, 5) is 31.9. The summed E-state index contributed by atoms with van der Waals surface area (Å²) >= 11 is 1.28. The van der Waals surface area contributed by atoms with E-state index >= 15 is 0 Å². The predicted octanol–water partition coefficient (Wildman–Crippen LogP) is 5.37. The lowest BCUT2D eigenvalue weighted by atomic mass is 10.1. The molecule has 0 aromatic heterocycles. The Kier molecular flexibility index (Phi) is 5.77. The second kappa shape index (κ2) is 8.63. The number of hydrogen-bond acceptors (Lipinski definition) is 4. The molecule has 1 atom stereocenters. The number of fused-ring (bicyclic) bond motifs is 1. The van der Waals surface area contributed by atoms with Crippen LogP contribution in [0.1, 0.15) is 16.8 Å². The number of halogens is 1. The molecule has 0 saturated carbocycles. The molecule has 30 heavy (non-hydrogen) atoms. The number of nitrogens with zero attached hydrogens (tertiary/aromatic N) is 2. The van der Waals surface area contributed by atoms with Crippen molar-refractivity contribution < 1.29 is 14.0 Å². The highest BCUT2D eigenvalue weighted by Crippen LogP contribution is 2.34. The lowest BCUT2D eigenvalue weighted by Crippen LogP contribution is -2.32. The third-order valence-electron chi connectivity index (χ3n) is 4.85. The molecule has 0 bridgehead atoms. The lowest BCUT2D eigenvalue weighted by molar-refractivity contribution is -0.125. The van der Waals surface area contributed by atoms with Crippen LogP contribution in [0.3, 0.4) is 0 Å². The number of carbonyl (C=O) groups is 2. The number of carbonyl (C=O) groups excluding carboxylic acids is 2. The summed E-state index contributed by atoms with van der Waals surface area (Å²) in [5.41, 5.74) is 1.16. The molecule has 0 N–H and O–H groups in total. The van der Waals surface area contributed by atoms with E-state index in [1.807, 2.05) is 42.5 Å². The average molecular weight is 418 g/mol. The predicted molar refractivity (Wildman–Crippen MR) is 120 cm³/mol. The first-order chi connectivity index (χ1) is 14.6. The van der Waals surface area contributed by atoms with Crippen molar-refractivity contribution in [3.63, 3.8) is 0 Å². The zero-order chi connectivity index (χ0) is 21.1. The second-order valence-corrected chi connectivity index (χ2v) is 8.04. The third-order valence-corrected chi connectivity index (χ3v) is 6.03. The van der Waals surface area contributed by atoms with E-state index in [1.54, 1.807) is 11.0 Å². The number of Topliss-reactive ketones (excluding diaryl/α,β-unsaturated/α-hetero) is 1. The van der Waals surface area contributed by atoms with Gasteiger partial charge in [-0.1, -0.05) is 54.2 Å². The molecule has 1 heterocycles. The quantitative estimate of drug-likeness (QED) is 0.399. The first-order valence-corrected chi connectivity index (χ1v) is 10.4. The van der Waals surface area contributed by atoms with E-state index in [9.17, 15) is 14.0 Å². The molecule has 0 aliphatic carbocycles. The molecule has 1 saturated heterocycles. The van der Waals surface area contributed by atoms with E-state index in [0.29, 0.717) is 17.3 Å². The summed E-state index contributed by atoms with van der Waals surface area (Å²) in [5.74, 6) is -0.778. The third kappa shape index (κ3) is 4.04. The SMILES string of the molecule is C=CCN1C(=O)C(CC(=O)c2ccc(F)cc2)SC1=Nc1cccc2ccccc12. The van der Waals surface area contributed by atoms with Crippen molar-refractivity contribution >= 4 is 45.1 Å². The Hall–Kier alpha value is -3.25. The molecule has 1 aliphatic rings. The molecule has 150 valence electrons. The van der Waals surface area contributed by atoms with Crippen molar-refractivity contribution in [1.29, 1.82) is 0 Å². The zero-order valence-corrected chi connectivity index (χ0v) is 16.9. The Balaban J connectivity index is 1.62. The Morgan fingerprint density at radius 1 is 1.10 bits per heavy atom. The maximum atomic E-state index is 13.1. The number of amides is 1. The van der Waals surface area contributed by atoms with Crippen molar-refractivity contribution in [2.75, 3.05) is 6.54 Å². The Morgan fingerprint density at radius 3 is 2.60 bits per heavy atom. The summed E-state index contributed by atoms with van der Waals surface area (Å²) in [6.45, 7) is 4.05. The van der Waals surface area contributed by atoms with Gasteiger partial charge < -0.3 is 0 Å². The van der Waals surface area contributed by atoms with Crippen LogP contribution in [0.2, 0.25) is 0 Å². The van der Waals surface area contributed by atoms with E-state index in [1.165, 1.54) is 36.0 Å². The van der Waals surface area contributed by atoms with Gasteiger partial charge in [0.25, 0.3) is 0 Å². The maximum absolute atomic E-state index is 13.1. The van der Waals surface area contributed by atoms with Crippen molar-refractivity contribution in [3.05, 3.63) is 90.8 Å². The van der Waals surface area contributed by atoms with Gasteiger partial charge >= 0.3 is 0 Å². The molecule has 3 aromatic carbocycles. The number of amidine groups is 1. The van der Waals surface area contributed by atoms with Gasteiger partial charge in [0.1, 0.15) is 5.82 Å². The van der Waals surface area contributed by atoms with Crippen LogP contribution in [0.4, 0.5) is 10.1 Å². The van der Waals surface area contributed by atoms with Gasteiger partial charge in [-0.2, -0.15) is 0 Å². The fourth-order valence-corrected chi connectivity index (χ4v) is 4.51. The molecule has 1 amide bonds. The second-order valence-electron chi connectivity index (χ2n) is 6.87. The smallest absolute Gasteiger partial charge is 0.242 e. The van der Waals surface area contributed by atoms with Crippen molar-refractivity contribution in [1.82, 2.24) is 4.90 Å². The van der Waals surface area contributed by atoms with Gasteiger partial charge in [0.05, 0.1) is 10.9 Å². The summed E-state index contributed by atoms with van der Waals surface area (Å²) < 4.78 is 13.1. The van der Waals surface area contributed by atoms with Crippen LogP contribution < -0.4 is 0 Å². The van der Waals surface area contributed by atoms with Crippen LogP contribution in [0.25, 0.3) is 10.8 Å². The number of aliphatic imine (C=N–C) groups is 1. The fourth-order valence-electron chi connectivity index (χ4n) is 3.35. The van der Waals surface area contributed by atoms with E-state index in [2.05, 4.69) is 6.58 Å². The summed E-state index contributed by atoms with van der Waals surface area (Å²) in [7, 11) is 0. The molecule has 4 nitrogen and oxygen atoms in total. The molecule has 1 unspecified atom stereocenters. The highest BCUT2D eigenvalue weighted by atomic mass is 32.2. The monoisotopic (exact) mass is 418 g/mol. The molecular formula is C24H19FN2O2S. The van der Waals surface area contributed by atoms with E-state index in [-0.39, 0.29) is 18.1 Å². The minimum Gasteiger partial charge on any atom is -0.294 e. The van der Waals surface area contributed by atoms with Gasteiger partial charge in [-0.15, -0.1) is 6.58 Å². The van der Waals surface area contributed by atoms with Gasteiger partial charge in [0.2, 0.25) is 5.91 Å². The zero-order valence-electron chi connectivity index (χ0n) is 16.1. The average Bonchev–Trinajstić information content (AvgIpc) is 3.03. The highest BCUT2D eigenvalue weighted by Gasteiger charge is 2.38. The van der Waals surface area contributed by atoms with Gasteiger partial charge in [0.15, 0.2) is 11.0 Å². The molecule has 1 fully saturated rings. The number of thioether (sulfide) groups is 1. The standard InChI is InChI=1S/C24H19FN2O2S/c1-2-14-27-23(29)22(15-21(28)17-10-12-18(25)13-11-17)30-24(27)26-20-9-5-7-16-6-3-4-8-19(16)20/h2-13,22H,1,14-15H2. The van der Waals surface area contributed by atoms with Crippen LogP contribution in [0.5, 0.6) is 0 Å². The van der Waals surface area contributed by atoms with E-state index in [4.69, 9.17) is 4.99 Å². The molecule has 3 aromatic rings. The number of benzene rings is 3. The summed E-state index contributed by atoms with van der Waals surface area (Å²) in [5, 5.41) is 2.03. The molecule has 1 aliphatic heterocycles. The van der Waals surface area contributed by atoms with Gasteiger partial charge in [-0.25, -0.2) is 9.38 Å². The molecule has 0 radical (unpaired) electrons. The summed E-state index contributed by atoms with van der Waals surface area (Å²) in [6.07, 6.45) is 1.67. The number of hydrogen-bond donors (Lipinski definition) is 0. The highest BCUT2D eigenvalue weighted by molar-refractivity contribution is 8.15. The van der Waals surface area contributed by atoms with Gasteiger partial charge in [-0.3, -0.25) is 14.5 Å². The van der Waals surface area contributed by atoms with E-state index < -0.39 is 11.1 Å². The largest absolute Gasteiger partial charge is 0.294 e. The van der Waals surface area contributed by atoms with Crippen molar-refractivity contribution in [3.8, 4) is 0 Å². The number of ketones is 1. The van der Waals surface area contributed by atoms with Crippen LogP contribution in [-0.2, 0) is 4.79 Å². The summed E-state index contributed by atoms with van der Waals surface area (Å²) in [6, 6.07) is 19.1. The maximum Gasteiger partial charge on any atom is 0.242 e. The molecule has 4 rings (SSSR count). The number of rotatable bonds is 6.